The fourth-order valence-electron chi connectivity index (χ4n) is 1.65. The van der Waals surface area contributed by atoms with E-state index < -0.39 is 30.9 Å². The lowest BCUT2D eigenvalue weighted by atomic mass is 10.2. The van der Waals surface area contributed by atoms with Crippen LogP contribution in [0.2, 0.25) is 0 Å². The van der Waals surface area contributed by atoms with Gasteiger partial charge in [0.25, 0.3) is 0 Å². The molecular weight excluding hydrogens is 365 g/mol. The van der Waals surface area contributed by atoms with Crippen LogP contribution in [0.3, 0.4) is 0 Å². The number of aliphatic hydroxyl groups excluding tert-OH is 2. The lowest BCUT2D eigenvalue weighted by Crippen LogP contribution is -2.37. The maximum atomic E-state index is 12.0. The maximum Gasteiger partial charge on any atom is 0.323 e. The van der Waals surface area contributed by atoms with Gasteiger partial charge < -0.3 is 24.0 Å². The second-order valence-electron chi connectivity index (χ2n) is 5.84. The Morgan fingerprint density at radius 1 is 1.20 bits per heavy atom. The normalized spacial score (nSPS) is 17.4. The molecule has 9 heteroatoms. The first-order valence-electron chi connectivity index (χ1n) is 7.96. The van der Waals surface area contributed by atoms with Gasteiger partial charge >= 0.3 is 12.6 Å². The number of aliphatic hydroxyl groups is 2. The van der Waals surface area contributed by atoms with E-state index in [1.807, 2.05) is 6.07 Å². The highest BCUT2D eigenvalue weighted by atomic mass is 32.5. The van der Waals surface area contributed by atoms with Crippen molar-refractivity contribution in [2.45, 2.75) is 52.0 Å². The standard InChI is InChI=1S/C16H26NO6PS/c1-11(2)22-16(20)12(3)17-24(25,21-10-15(19)13(4)18)23-14-8-6-5-7-9-14/h5-9,11-13,15,18-19H,10H2,1-4H3,(H,17,25). The molecule has 0 bridgehead atoms. The molecule has 0 heterocycles. The lowest BCUT2D eigenvalue weighted by Gasteiger charge is -2.27. The lowest BCUT2D eigenvalue weighted by molar-refractivity contribution is -0.149. The topological polar surface area (TPSA) is 97.3 Å². The van der Waals surface area contributed by atoms with Gasteiger partial charge in [0.05, 0.1) is 18.8 Å². The van der Waals surface area contributed by atoms with E-state index in [1.54, 1.807) is 45.0 Å². The summed E-state index contributed by atoms with van der Waals surface area (Å²) in [5, 5.41) is 22.0. The first kappa shape index (κ1) is 22.0. The molecule has 0 aromatic heterocycles. The third kappa shape index (κ3) is 8.27. The minimum absolute atomic E-state index is 0.235. The predicted octanol–water partition coefficient (Wildman–Crippen LogP) is 1.98. The SMILES string of the molecule is CC(C)OC(=O)C(C)NP(=S)(OCC(O)C(C)O)Oc1ccccc1. The third-order valence-electron chi connectivity index (χ3n) is 3.00. The van der Waals surface area contributed by atoms with Crippen molar-refractivity contribution in [2.24, 2.45) is 0 Å². The second kappa shape index (κ2) is 10.2. The van der Waals surface area contributed by atoms with E-state index in [0.29, 0.717) is 5.75 Å². The molecule has 0 aliphatic heterocycles. The number of carbonyl (C=O) groups excluding carboxylic acids is 1. The van der Waals surface area contributed by atoms with Crippen molar-refractivity contribution in [3.05, 3.63) is 30.3 Å². The number of hydrogen-bond donors (Lipinski definition) is 3. The van der Waals surface area contributed by atoms with Crippen molar-refractivity contribution in [1.82, 2.24) is 5.09 Å². The molecule has 4 unspecified atom stereocenters. The van der Waals surface area contributed by atoms with Crippen LogP contribution in [0.15, 0.2) is 30.3 Å². The summed E-state index contributed by atoms with van der Waals surface area (Å²) in [5.74, 6) is -0.0186. The Labute approximate surface area is 153 Å². The zero-order valence-corrected chi connectivity index (χ0v) is 16.5. The van der Waals surface area contributed by atoms with Crippen LogP contribution < -0.4 is 9.61 Å². The second-order valence-corrected chi connectivity index (χ2v) is 8.98. The van der Waals surface area contributed by atoms with E-state index in [9.17, 15) is 15.0 Å². The molecular formula is C16H26NO6PS. The molecule has 142 valence electrons. The third-order valence-corrected chi connectivity index (χ3v) is 5.50. The molecule has 0 aliphatic carbocycles. The van der Waals surface area contributed by atoms with E-state index in [2.05, 4.69) is 5.09 Å². The predicted molar refractivity (Wildman–Crippen MR) is 98.8 cm³/mol. The first-order chi connectivity index (χ1) is 11.6. The Balaban J connectivity index is 2.86. The molecule has 1 aromatic carbocycles. The van der Waals surface area contributed by atoms with E-state index in [-0.39, 0.29) is 12.7 Å². The van der Waals surface area contributed by atoms with E-state index in [1.165, 1.54) is 6.92 Å². The highest BCUT2D eigenvalue weighted by Crippen LogP contribution is 2.45. The molecule has 25 heavy (non-hydrogen) atoms. The Morgan fingerprint density at radius 3 is 2.32 bits per heavy atom. The van der Waals surface area contributed by atoms with Crippen LogP contribution in [0.4, 0.5) is 0 Å². The van der Waals surface area contributed by atoms with Gasteiger partial charge in [0.1, 0.15) is 17.9 Å². The zero-order chi connectivity index (χ0) is 19.0. The Morgan fingerprint density at radius 2 is 1.80 bits per heavy atom. The molecule has 1 aromatic rings. The number of carbonyl (C=O) groups is 1. The van der Waals surface area contributed by atoms with Crippen LogP contribution in [-0.4, -0.2) is 47.1 Å². The van der Waals surface area contributed by atoms with Crippen molar-refractivity contribution in [1.29, 1.82) is 0 Å². The monoisotopic (exact) mass is 391 g/mol. The minimum atomic E-state index is -3.18. The Hall–Kier alpha value is -1.02. The van der Waals surface area contributed by atoms with Gasteiger partial charge in [-0.1, -0.05) is 18.2 Å². The van der Waals surface area contributed by atoms with Crippen LogP contribution in [-0.2, 0) is 25.9 Å². The number of rotatable bonds is 10. The summed E-state index contributed by atoms with van der Waals surface area (Å²) in [6.07, 6.45) is -2.37. The van der Waals surface area contributed by atoms with Crippen LogP contribution in [0, 0.1) is 0 Å². The molecule has 1 rings (SSSR count). The number of nitrogens with one attached hydrogen (secondary N) is 1. The van der Waals surface area contributed by atoms with Crippen LogP contribution in [0.1, 0.15) is 27.7 Å². The molecule has 0 saturated carbocycles. The largest absolute Gasteiger partial charge is 0.462 e. The summed E-state index contributed by atoms with van der Waals surface area (Å²) in [6.45, 7) is 3.11. The molecule has 4 atom stereocenters. The quantitative estimate of drug-likeness (QED) is 0.412. The molecule has 0 saturated heterocycles. The number of hydrogen-bond acceptors (Lipinski definition) is 7. The number of esters is 1. The fourth-order valence-corrected chi connectivity index (χ4v) is 4.07. The highest BCUT2D eigenvalue weighted by Gasteiger charge is 2.29. The molecule has 3 N–H and O–H groups in total. The molecule has 7 nitrogen and oxygen atoms in total. The van der Waals surface area contributed by atoms with Crippen LogP contribution >= 0.6 is 6.64 Å². The summed E-state index contributed by atoms with van der Waals surface area (Å²) >= 11 is 5.45. The van der Waals surface area contributed by atoms with E-state index in [0.717, 1.165) is 0 Å². The van der Waals surface area contributed by atoms with Crippen molar-refractivity contribution in [2.75, 3.05) is 6.61 Å². The van der Waals surface area contributed by atoms with E-state index in [4.69, 9.17) is 25.6 Å². The number of para-hydroxylation sites is 1. The average molecular weight is 391 g/mol. The van der Waals surface area contributed by atoms with Crippen molar-refractivity contribution in [3.63, 3.8) is 0 Å². The van der Waals surface area contributed by atoms with Crippen LogP contribution in [0.25, 0.3) is 0 Å². The van der Waals surface area contributed by atoms with Gasteiger partial charge in [-0.15, -0.1) is 0 Å². The summed E-state index contributed by atoms with van der Waals surface area (Å²) in [6, 6.07) is 8.01. The van der Waals surface area contributed by atoms with E-state index >= 15 is 0 Å². The summed E-state index contributed by atoms with van der Waals surface area (Å²) < 4.78 is 16.4. The summed E-state index contributed by atoms with van der Waals surface area (Å²) in [5.41, 5.74) is 0. The van der Waals surface area contributed by atoms with Gasteiger partial charge in [-0.05, 0) is 51.6 Å². The van der Waals surface area contributed by atoms with Gasteiger partial charge in [0, 0.05) is 0 Å². The van der Waals surface area contributed by atoms with Gasteiger partial charge in [-0.25, -0.2) is 5.09 Å². The maximum absolute atomic E-state index is 12.0. The molecule has 0 radical (unpaired) electrons. The first-order valence-corrected chi connectivity index (χ1v) is 10.6. The molecule has 0 spiro atoms. The molecule has 0 fully saturated rings. The highest BCUT2D eigenvalue weighted by molar-refractivity contribution is 8.09. The van der Waals surface area contributed by atoms with Crippen molar-refractivity contribution in [3.8, 4) is 5.75 Å². The van der Waals surface area contributed by atoms with Gasteiger partial charge in [0.2, 0.25) is 0 Å². The van der Waals surface area contributed by atoms with Gasteiger partial charge in [0.15, 0.2) is 0 Å². The zero-order valence-electron chi connectivity index (χ0n) is 14.8. The van der Waals surface area contributed by atoms with Crippen LogP contribution in [0.5, 0.6) is 5.75 Å². The summed E-state index contributed by atoms with van der Waals surface area (Å²) in [4.78, 5) is 12.0. The fraction of sp³-hybridized carbons (Fsp3) is 0.562. The smallest absolute Gasteiger partial charge is 0.323 e. The van der Waals surface area contributed by atoms with Gasteiger partial charge in [-0.3, -0.25) is 4.79 Å². The number of ether oxygens (including phenoxy) is 1. The van der Waals surface area contributed by atoms with Gasteiger partial charge in [-0.2, -0.15) is 0 Å². The number of benzene rings is 1. The molecule has 0 aliphatic rings. The summed E-state index contributed by atoms with van der Waals surface area (Å²) in [7, 11) is 0. The average Bonchev–Trinajstić information content (AvgIpc) is 2.52. The Kier molecular flexibility index (Phi) is 8.99. The van der Waals surface area contributed by atoms with Crippen molar-refractivity contribution >= 4 is 24.4 Å². The molecule has 0 amide bonds. The van der Waals surface area contributed by atoms with Crippen molar-refractivity contribution < 1.29 is 28.8 Å². The Bertz CT molecular complexity index is 583. The minimum Gasteiger partial charge on any atom is -0.462 e.